The highest BCUT2D eigenvalue weighted by molar-refractivity contribution is 5.60. The Kier molecular flexibility index (Phi) is 3.59. The molecule has 0 aliphatic heterocycles. The SMILES string of the molecule is CCc1ccc(-c2cc(CCN)nn2C)cc1. The molecule has 1 heterocycles. The van der Waals surface area contributed by atoms with Crippen molar-refractivity contribution in [2.45, 2.75) is 19.8 Å². The standard InChI is InChI=1S/C14H19N3/c1-3-11-4-6-12(7-5-11)14-10-13(8-9-15)16-17(14)2/h4-7,10H,3,8-9,15H2,1-2H3. The van der Waals surface area contributed by atoms with E-state index in [0.717, 1.165) is 24.2 Å². The Morgan fingerprint density at radius 2 is 1.94 bits per heavy atom. The molecule has 0 radical (unpaired) electrons. The lowest BCUT2D eigenvalue weighted by atomic mass is 10.1. The second-order valence-electron chi connectivity index (χ2n) is 4.23. The van der Waals surface area contributed by atoms with Gasteiger partial charge >= 0.3 is 0 Å². The monoisotopic (exact) mass is 229 g/mol. The van der Waals surface area contributed by atoms with Crippen LogP contribution in [-0.4, -0.2) is 16.3 Å². The number of aromatic nitrogens is 2. The molecule has 3 heteroatoms. The molecule has 2 rings (SSSR count). The molecule has 0 spiro atoms. The number of nitrogens with zero attached hydrogens (tertiary/aromatic N) is 2. The minimum Gasteiger partial charge on any atom is -0.330 e. The molecule has 0 saturated heterocycles. The lowest BCUT2D eigenvalue weighted by molar-refractivity contribution is 0.745. The second-order valence-corrected chi connectivity index (χ2v) is 4.23. The van der Waals surface area contributed by atoms with Gasteiger partial charge in [-0.2, -0.15) is 5.10 Å². The fraction of sp³-hybridized carbons (Fsp3) is 0.357. The van der Waals surface area contributed by atoms with Gasteiger partial charge < -0.3 is 5.73 Å². The van der Waals surface area contributed by atoms with E-state index in [-0.39, 0.29) is 0 Å². The molecule has 0 atom stereocenters. The molecule has 0 aliphatic carbocycles. The van der Waals surface area contributed by atoms with E-state index in [9.17, 15) is 0 Å². The van der Waals surface area contributed by atoms with Crippen LogP contribution in [0, 0.1) is 0 Å². The minimum atomic E-state index is 0.644. The van der Waals surface area contributed by atoms with Crippen LogP contribution in [0.1, 0.15) is 18.2 Å². The minimum absolute atomic E-state index is 0.644. The summed E-state index contributed by atoms with van der Waals surface area (Å²) in [5, 5.41) is 4.46. The molecule has 90 valence electrons. The van der Waals surface area contributed by atoms with E-state index in [2.05, 4.69) is 42.4 Å². The quantitative estimate of drug-likeness (QED) is 0.873. The zero-order valence-electron chi connectivity index (χ0n) is 10.5. The topological polar surface area (TPSA) is 43.8 Å². The molecular formula is C14H19N3. The third-order valence-electron chi connectivity index (χ3n) is 2.99. The maximum atomic E-state index is 5.55. The molecule has 0 bridgehead atoms. The maximum Gasteiger partial charge on any atom is 0.0681 e. The summed E-state index contributed by atoms with van der Waals surface area (Å²) in [6, 6.07) is 10.8. The number of nitrogens with two attached hydrogens (primary N) is 1. The van der Waals surface area contributed by atoms with Crippen LogP contribution in [0.2, 0.25) is 0 Å². The van der Waals surface area contributed by atoms with Crippen LogP contribution >= 0.6 is 0 Å². The Hall–Kier alpha value is -1.61. The summed E-state index contributed by atoms with van der Waals surface area (Å²) in [7, 11) is 1.98. The highest BCUT2D eigenvalue weighted by atomic mass is 15.3. The summed E-state index contributed by atoms with van der Waals surface area (Å²) in [4.78, 5) is 0. The van der Waals surface area contributed by atoms with E-state index in [4.69, 9.17) is 5.73 Å². The molecule has 0 unspecified atom stereocenters. The van der Waals surface area contributed by atoms with Gasteiger partial charge in [0.1, 0.15) is 0 Å². The van der Waals surface area contributed by atoms with E-state index < -0.39 is 0 Å². The first-order valence-electron chi connectivity index (χ1n) is 6.07. The molecule has 0 aliphatic rings. The van der Waals surface area contributed by atoms with Crippen molar-refractivity contribution in [3.8, 4) is 11.3 Å². The lowest BCUT2D eigenvalue weighted by Crippen LogP contribution is -2.03. The van der Waals surface area contributed by atoms with E-state index in [0.29, 0.717) is 6.54 Å². The Labute approximate surface area is 102 Å². The number of hydrogen-bond donors (Lipinski definition) is 1. The predicted molar refractivity (Wildman–Crippen MR) is 70.8 cm³/mol. The molecule has 0 fully saturated rings. The highest BCUT2D eigenvalue weighted by Crippen LogP contribution is 2.20. The molecule has 1 aromatic carbocycles. The number of hydrogen-bond acceptors (Lipinski definition) is 2. The van der Waals surface area contributed by atoms with Crippen LogP contribution in [0.3, 0.4) is 0 Å². The van der Waals surface area contributed by atoms with E-state index in [1.807, 2.05) is 11.7 Å². The van der Waals surface area contributed by atoms with Crippen LogP contribution in [0.5, 0.6) is 0 Å². The second kappa shape index (κ2) is 5.15. The van der Waals surface area contributed by atoms with Crippen LogP contribution in [0.4, 0.5) is 0 Å². The lowest BCUT2D eigenvalue weighted by Gasteiger charge is -2.02. The van der Waals surface area contributed by atoms with Crippen LogP contribution < -0.4 is 5.73 Å². The largest absolute Gasteiger partial charge is 0.330 e. The van der Waals surface area contributed by atoms with Gasteiger partial charge in [0.2, 0.25) is 0 Å². The number of rotatable bonds is 4. The predicted octanol–water partition coefficient (Wildman–Crippen LogP) is 2.15. The van der Waals surface area contributed by atoms with E-state index in [1.54, 1.807) is 0 Å². The van der Waals surface area contributed by atoms with Gasteiger partial charge in [0.15, 0.2) is 0 Å². The van der Waals surface area contributed by atoms with Gasteiger partial charge in [-0.05, 0) is 30.2 Å². The van der Waals surface area contributed by atoms with Crippen molar-refractivity contribution in [1.82, 2.24) is 9.78 Å². The van der Waals surface area contributed by atoms with Crippen LogP contribution in [0.25, 0.3) is 11.3 Å². The highest BCUT2D eigenvalue weighted by Gasteiger charge is 2.06. The molecule has 2 aromatic rings. The Morgan fingerprint density at radius 3 is 2.53 bits per heavy atom. The van der Waals surface area contributed by atoms with Gasteiger partial charge in [-0.25, -0.2) is 0 Å². The average Bonchev–Trinajstić information content (AvgIpc) is 2.71. The third kappa shape index (κ3) is 2.56. The summed E-state index contributed by atoms with van der Waals surface area (Å²) in [5.74, 6) is 0. The molecule has 17 heavy (non-hydrogen) atoms. The fourth-order valence-corrected chi connectivity index (χ4v) is 1.98. The van der Waals surface area contributed by atoms with Crippen molar-refractivity contribution in [2.24, 2.45) is 12.8 Å². The van der Waals surface area contributed by atoms with Gasteiger partial charge in [0.25, 0.3) is 0 Å². The van der Waals surface area contributed by atoms with Crippen molar-refractivity contribution in [1.29, 1.82) is 0 Å². The van der Waals surface area contributed by atoms with Crippen LogP contribution in [0.15, 0.2) is 30.3 Å². The van der Waals surface area contributed by atoms with Gasteiger partial charge in [-0.15, -0.1) is 0 Å². The van der Waals surface area contributed by atoms with Gasteiger partial charge in [0.05, 0.1) is 11.4 Å². The molecule has 0 saturated carbocycles. The summed E-state index contributed by atoms with van der Waals surface area (Å²) in [5.41, 5.74) is 10.3. The third-order valence-corrected chi connectivity index (χ3v) is 2.99. The van der Waals surface area contributed by atoms with Crippen molar-refractivity contribution >= 4 is 0 Å². The number of benzene rings is 1. The molecular weight excluding hydrogens is 210 g/mol. The van der Waals surface area contributed by atoms with E-state index >= 15 is 0 Å². The summed E-state index contributed by atoms with van der Waals surface area (Å²) in [6.07, 6.45) is 1.91. The van der Waals surface area contributed by atoms with Gasteiger partial charge in [0, 0.05) is 13.5 Å². The Bertz CT molecular complexity index is 483. The summed E-state index contributed by atoms with van der Waals surface area (Å²) in [6.45, 7) is 2.81. The fourth-order valence-electron chi connectivity index (χ4n) is 1.98. The Balaban J connectivity index is 2.31. The summed E-state index contributed by atoms with van der Waals surface area (Å²) >= 11 is 0. The van der Waals surface area contributed by atoms with Crippen molar-refractivity contribution < 1.29 is 0 Å². The molecule has 3 nitrogen and oxygen atoms in total. The Morgan fingerprint density at radius 1 is 1.24 bits per heavy atom. The molecule has 1 aromatic heterocycles. The first-order valence-corrected chi connectivity index (χ1v) is 6.07. The summed E-state index contributed by atoms with van der Waals surface area (Å²) < 4.78 is 1.92. The zero-order chi connectivity index (χ0) is 12.3. The zero-order valence-corrected chi connectivity index (χ0v) is 10.5. The van der Waals surface area contributed by atoms with Crippen molar-refractivity contribution in [3.05, 3.63) is 41.6 Å². The molecule has 2 N–H and O–H groups in total. The average molecular weight is 229 g/mol. The number of aryl methyl sites for hydroxylation is 2. The maximum absolute atomic E-state index is 5.55. The smallest absolute Gasteiger partial charge is 0.0681 e. The van der Waals surface area contributed by atoms with E-state index in [1.165, 1.54) is 11.1 Å². The van der Waals surface area contributed by atoms with Gasteiger partial charge in [-0.3, -0.25) is 4.68 Å². The van der Waals surface area contributed by atoms with Crippen LogP contribution in [-0.2, 0) is 19.9 Å². The first kappa shape index (κ1) is 11.9. The first-order chi connectivity index (χ1) is 8.24. The molecule has 0 amide bonds. The van der Waals surface area contributed by atoms with Crippen molar-refractivity contribution in [2.75, 3.05) is 6.54 Å². The van der Waals surface area contributed by atoms with Crippen molar-refractivity contribution in [3.63, 3.8) is 0 Å². The van der Waals surface area contributed by atoms with Gasteiger partial charge in [-0.1, -0.05) is 31.2 Å². The normalized spacial score (nSPS) is 10.8.